The number of hydrogen-bond donors (Lipinski definition) is 0. The van der Waals surface area contributed by atoms with Gasteiger partial charge in [0.2, 0.25) is 21.2 Å². The molecule has 0 radical (unpaired) electrons. The number of hydrogen-bond acceptors (Lipinski definition) is 6. The third kappa shape index (κ3) is 5.80. The average molecular weight is 523 g/mol. The predicted molar refractivity (Wildman–Crippen MR) is 126 cm³/mol. The molecule has 36 heavy (non-hydrogen) atoms. The van der Waals surface area contributed by atoms with Gasteiger partial charge in [0.15, 0.2) is 4.90 Å². The zero-order valence-corrected chi connectivity index (χ0v) is 20.6. The lowest BCUT2D eigenvalue weighted by molar-refractivity contribution is 0.168. The second-order valence-electron chi connectivity index (χ2n) is 8.74. The molecule has 0 spiro atoms. The quantitative estimate of drug-likeness (QED) is 0.470. The lowest BCUT2D eigenvalue weighted by atomic mass is 10.1. The first-order valence-electron chi connectivity index (χ1n) is 11.2. The van der Waals surface area contributed by atoms with Crippen LogP contribution in [0.2, 0.25) is 0 Å². The first kappa shape index (κ1) is 25.9. The van der Waals surface area contributed by atoms with Crippen LogP contribution in [0.25, 0.3) is 0 Å². The molecule has 192 valence electrons. The van der Waals surface area contributed by atoms with E-state index < -0.39 is 32.4 Å². The summed E-state index contributed by atoms with van der Waals surface area (Å²) in [5.74, 6) is -3.70. The molecule has 11 heteroatoms. The first-order valence-corrected chi connectivity index (χ1v) is 12.7. The molecule has 1 aromatic heterocycles. The molecule has 0 N–H and O–H groups in total. The molecule has 1 aliphatic rings. The number of ether oxygens (including phenoxy) is 1. The average Bonchev–Trinajstić information content (AvgIpc) is 2.77. The molecule has 0 bridgehead atoms. The lowest BCUT2D eigenvalue weighted by Crippen LogP contribution is -2.48. The Bertz CT molecular complexity index is 1390. The molecule has 4 rings (SSSR count). The number of nitrogens with zero attached hydrogens (tertiary/aromatic N) is 2. The fraction of sp³-hybridized carbons (Fsp3) is 0.320. The van der Waals surface area contributed by atoms with Gasteiger partial charge in [-0.2, -0.15) is 4.31 Å². The van der Waals surface area contributed by atoms with Crippen molar-refractivity contribution >= 4 is 10.0 Å². The van der Waals surface area contributed by atoms with Crippen molar-refractivity contribution in [1.82, 2.24) is 9.21 Å². The van der Waals surface area contributed by atoms with E-state index in [-0.39, 0.29) is 50.5 Å². The number of rotatable bonds is 7. The van der Waals surface area contributed by atoms with E-state index >= 15 is 0 Å². The maximum atomic E-state index is 14.0. The zero-order valence-electron chi connectivity index (χ0n) is 19.8. The SMILES string of the molecule is Cc1cc(C)cc(COc2coc(CN3CCN(S(=O)(=O)c4c(F)cc(F)cc4F)CC3)cc2=O)c1. The second kappa shape index (κ2) is 10.5. The number of aryl methyl sites for hydroxylation is 2. The first-order chi connectivity index (χ1) is 17.0. The topological polar surface area (TPSA) is 80.1 Å². The highest BCUT2D eigenvalue weighted by Gasteiger charge is 2.33. The molecule has 1 saturated heterocycles. The van der Waals surface area contributed by atoms with Crippen LogP contribution in [0.4, 0.5) is 13.2 Å². The van der Waals surface area contributed by atoms with Crippen LogP contribution < -0.4 is 10.2 Å². The summed E-state index contributed by atoms with van der Waals surface area (Å²) in [5.41, 5.74) is 2.78. The Morgan fingerprint density at radius 1 is 0.917 bits per heavy atom. The van der Waals surface area contributed by atoms with Gasteiger partial charge in [-0.15, -0.1) is 0 Å². The van der Waals surface area contributed by atoms with Crippen LogP contribution in [-0.2, 0) is 23.2 Å². The smallest absolute Gasteiger partial charge is 0.249 e. The Kier molecular flexibility index (Phi) is 7.53. The zero-order chi connectivity index (χ0) is 26.0. The van der Waals surface area contributed by atoms with Gasteiger partial charge < -0.3 is 9.15 Å². The molecule has 0 unspecified atom stereocenters. The highest BCUT2D eigenvalue weighted by atomic mass is 32.2. The molecular formula is C25H25F3N2O5S. The van der Waals surface area contributed by atoms with E-state index in [0.29, 0.717) is 17.9 Å². The summed E-state index contributed by atoms with van der Waals surface area (Å²) in [4.78, 5) is 13.2. The molecule has 1 fully saturated rings. The fourth-order valence-corrected chi connectivity index (χ4v) is 5.71. The van der Waals surface area contributed by atoms with Crippen molar-refractivity contribution in [2.75, 3.05) is 26.2 Å². The molecule has 0 aliphatic carbocycles. The van der Waals surface area contributed by atoms with Crippen molar-refractivity contribution in [3.8, 4) is 5.75 Å². The fourth-order valence-electron chi connectivity index (χ4n) is 4.19. The number of halogens is 3. The molecule has 1 aliphatic heterocycles. The van der Waals surface area contributed by atoms with Gasteiger partial charge in [0.1, 0.15) is 36.1 Å². The van der Waals surface area contributed by atoms with Crippen LogP contribution in [0.15, 0.2) is 56.8 Å². The maximum absolute atomic E-state index is 14.0. The molecule has 7 nitrogen and oxygen atoms in total. The maximum Gasteiger partial charge on any atom is 0.249 e. The minimum atomic E-state index is -4.48. The van der Waals surface area contributed by atoms with Crippen LogP contribution in [0.5, 0.6) is 5.75 Å². The minimum absolute atomic E-state index is 0.0417. The number of piperazine rings is 1. The van der Waals surface area contributed by atoms with Gasteiger partial charge in [-0.3, -0.25) is 9.69 Å². The van der Waals surface area contributed by atoms with E-state index in [9.17, 15) is 26.4 Å². The van der Waals surface area contributed by atoms with E-state index in [4.69, 9.17) is 9.15 Å². The van der Waals surface area contributed by atoms with Gasteiger partial charge in [0.25, 0.3) is 0 Å². The van der Waals surface area contributed by atoms with Crippen molar-refractivity contribution in [3.05, 3.63) is 92.8 Å². The van der Waals surface area contributed by atoms with Gasteiger partial charge in [0.05, 0.1) is 6.54 Å². The summed E-state index contributed by atoms with van der Waals surface area (Å²) in [6, 6.07) is 7.99. The summed E-state index contributed by atoms with van der Waals surface area (Å²) in [7, 11) is -4.48. The lowest BCUT2D eigenvalue weighted by Gasteiger charge is -2.33. The third-order valence-electron chi connectivity index (χ3n) is 5.80. The van der Waals surface area contributed by atoms with E-state index in [1.54, 1.807) is 0 Å². The van der Waals surface area contributed by atoms with Gasteiger partial charge in [0, 0.05) is 44.4 Å². The van der Waals surface area contributed by atoms with Crippen molar-refractivity contribution in [3.63, 3.8) is 0 Å². The summed E-state index contributed by atoms with van der Waals surface area (Å²) >= 11 is 0. The Labute approximate surface area is 206 Å². The molecule has 0 atom stereocenters. The normalized spacial score (nSPS) is 15.2. The van der Waals surface area contributed by atoms with E-state index in [1.165, 1.54) is 12.3 Å². The highest BCUT2D eigenvalue weighted by molar-refractivity contribution is 7.89. The summed E-state index contributed by atoms with van der Waals surface area (Å²) in [6.45, 7) is 4.80. The Balaban J connectivity index is 1.36. The largest absolute Gasteiger partial charge is 0.482 e. The molecule has 2 heterocycles. The van der Waals surface area contributed by atoms with Gasteiger partial charge in [-0.05, 0) is 19.4 Å². The summed E-state index contributed by atoms with van der Waals surface area (Å²) < 4.78 is 78.8. The Morgan fingerprint density at radius 3 is 2.11 bits per heavy atom. The number of benzene rings is 2. The van der Waals surface area contributed by atoms with Crippen LogP contribution in [0.3, 0.4) is 0 Å². The van der Waals surface area contributed by atoms with Crippen molar-refractivity contribution in [2.45, 2.75) is 31.9 Å². The van der Waals surface area contributed by atoms with Crippen molar-refractivity contribution in [2.24, 2.45) is 0 Å². The van der Waals surface area contributed by atoms with Gasteiger partial charge in [-0.25, -0.2) is 21.6 Å². The van der Waals surface area contributed by atoms with E-state index in [0.717, 1.165) is 21.0 Å². The Hall–Kier alpha value is -3.15. The van der Waals surface area contributed by atoms with Crippen LogP contribution in [0, 0.1) is 31.3 Å². The molecule has 3 aromatic rings. The second-order valence-corrected chi connectivity index (χ2v) is 10.6. The summed E-state index contributed by atoms with van der Waals surface area (Å²) in [5, 5.41) is 0. The highest BCUT2D eigenvalue weighted by Crippen LogP contribution is 2.25. The summed E-state index contributed by atoms with van der Waals surface area (Å²) in [6.07, 6.45) is 1.25. The van der Waals surface area contributed by atoms with Crippen LogP contribution in [-0.4, -0.2) is 43.8 Å². The van der Waals surface area contributed by atoms with Gasteiger partial charge >= 0.3 is 0 Å². The molecular weight excluding hydrogens is 497 g/mol. The monoisotopic (exact) mass is 522 g/mol. The van der Waals surface area contributed by atoms with E-state index in [2.05, 4.69) is 0 Å². The predicted octanol–water partition coefficient (Wildman–Crippen LogP) is 3.76. The standard InChI is InChI=1S/C25H25F3N2O5S/c1-16-7-17(2)9-18(8-16)14-35-24-15-34-20(12-23(24)31)13-29-3-5-30(6-4-29)36(32,33)25-21(27)10-19(26)11-22(25)28/h7-12,15H,3-6,13-14H2,1-2H3. The molecule has 0 saturated carbocycles. The van der Waals surface area contributed by atoms with Gasteiger partial charge in [-0.1, -0.05) is 29.3 Å². The molecule has 0 amide bonds. The molecule has 2 aromatic carbocycles. The van der Waals surface area contributed by atoms with Crippen LogP contribution >= 0.6 is 0 Å². The minimum Gasteiger partial charge on any atom is -0.482 e. The van der Waals surface area contributed by atoms with E-state index in [1.807, 2.05) is 36.9 Å². The van der Waals surface area contributed by atoms with Crippen molar-refractivity contribution < 1.29 is 30.7 Å². The third-order valence-corrected chi connectivity index (χ3v) is 7.75. The Morgan fingerprint density at radius 2 is 1.53 bits per heavy atom. The number of sulfonamides is 1. The van der Waals surface area contributed by atoms with Crippen LogP contribution in [0.1, 0.15) is 22.5 Å². The van der Waals surface area contributed by atoms with Crippen molar-refractivity contribution in [1.29, 1.82) is 0 Å².